The van der Waals surface area contributed by atoms with Gasteiger partial charge in [0.25, 0.3) is 5.56 Å². The first-order valence-corrected chi connectivity index (χ1v) is 7.42. The van der Waals surface area contributed by atoms with Crippen LogP contribution >= 0.6 is 11.6 Å². The summed E-state index contributed by atoms with van der Waals surface area (Å²) in [6, 6.07) is 15.4. The molecular weight excluding hydrogens is 282 g/mol. The molecule has 0 aliphatic carbocycles. The highest BCUT2D eigenvalue weighted by Crippen LogP contribution is 2.30. The summed E-state index contributed by atoms with van der Waals surface area (Å²) in [4.78, 5) is 14.9. The van der Waals surface area contributed by atoms with Crippen molar-refractivity contribution in [2.75, 3.05) is 0 Å². The third-order valence-electron chi connectivity index (χ3n) is 3.28. The number of fused-ring (bicyclic) bond motifs is 1. The molecule has 0 saturated carbocycles. The molecule has 0 spiro atoms. The van der Waals surface area contributed by atoms with E-state index in [1.807, 2.05) is 63.2 Å². The SMILES string of the molecule is CC.Cc1c(-c2ccccc2)c2cc(Cl)ccc2[nH]c1=O. The van der Waals surface area contributed by atoms with Crippen LogP contribution in [0, 0.1) is 6.92 Å². The molecule has 3 aromatic rings. The second kappa shape index (κ2) is 6.59. The maximum absolute atomic E-state index is 12.0. The van der Waals surface area contributed by atoms with E-state index in [0.29, 0.717) is 10.6 Å². The maximum atomic E-state index is 12.0. The summed E-state index contributed by atoms with van der Waals surface area (Å²) < 4.78 is 0. The van der Waals surface area contributed by atoms with Gasteiger partial charge in [-0.25, -0.2) is 0 Å². The number of aromatic nitrogens is 1. The lowest BCUT2D eigenvalue weighted by molar-refractivity contribution is 1.24. The topological polar surface area (TPSA) is 32.9 Å². The molecule has 0 radical (unpaired) electrons. The van der Waals surface area contributed by atoms with Crippen molar-refractivity contribution in [2.24, 2.45) is 0 Å². The van der Waals surface area contributed by atoms with E-state index in [0.717, 1.165) is 22.0 Å². The molecule has 1 aromatic heterocycles. The molecule has 2 nitrogen and oxygen atoms in total. The molecule has 3 heteroatoms. The molecule has 0 atom stereocenters. The fourth-order valence-corrected chi connectivity index (χ4v) is 2.51. The molecule has 3 rings (SSSR count). The lowest BCUT2D eigenvalue weighted by Gasteiger charge is -2.10. The van der Waals surface area contributed by atoms with Crippen LogP contribution < -0.4 is 5.56 Å². The van der Waals surface area contributed by atoms with Gasteiger partial charge in [0.05, 0.1) is 0 Å². The Balaban J connectivity index is 0.000000774. The molecule has 0 amide bonds. The van der Waals surface area contributed by atoms with Crippen molar-refractivity contribution < 1.29 is 0 Å². The van der Waals surface area contributed by atoms with Gasteiger partial charge < -0.3 is 4.98 Å². The van der Waals surface area contributed by atoms with Gasteiger partial charge in [-0.3, -0.25) is 4.79 Å². The highest BCUT2D eigenvalue weighted by Gasteiger charge is 2.11. The summed E-state index contributed by atoms with van der Waals surface area (Å²) >= 11 is 6.08. The number of halogens is 1. The third kappa shape index (κ3) is 3.01. The van der Waals surface area contributed by atoms with E-state index in [1.165, 1.54) is 0 Å². The first kappa shape index (κ1) is 15.3. The second-order valence-corrected chi connectivity index (χ2v) is 4.95. The summed E-state index contributed by atoms with van der Waals surface area (Å²) in [6.45, 7) is 5.83. The van der Waals surface area contributed by atoms with E-state index < -0.39 is 0 Å². The molecule has 0 aliphatic rings. The summed E-state index contributed by atoms with van der Waals surface area (Å²) in [6.07, 6.45) is 0. The third-order valence-corrected chi connectivity index (χ3v) is 3.51. The van der Waals surface area contributed by atoms with Crippen LogP contribution in [0.4, 0.5) is 0 Å². The molecule has 21 heavy (non-hydrogen) atoms. The molecule has 0 unspecified atom stereocenters. The van der Waals surface area contributed by atoms with E-state index in [4.69, 9.17) is 11.6 Å². The molecule has 0 fully saturated rings. The second-order valence-electron chi connectivity index (χ2n) is 4.51. The van der Waals surface area contributed by atoms with E-state index >= 15 is 0 Å². The number of hydrogen-bond donors (Lipinski definition) is 1. The van der Waals surface area contributed by atoms with Gasteiger partial charge in [0.2, 0.25) is 0 Å². The van der Waals surface area contributed by atoms with Crippen LogP contribution in [0.25, 0.3) is 22.0 Å². The smallest absolute Gasteiger partial charge is 0.251 e. The van der Waals surface area contributed by atoms with Gasteiger partial charge in [-0.15, -0.1) is 0 Å². The van der Waals surface area contributed by atoms with Gasteiger partial charge in [-0.2, -0.15) is 0 Å². The molecule has 0 saturated heterocycles. The monoisotopic (exact) mass is 299 g/mol. The molecule has 108 valence electrons. The Morgan fingerprint density at radius 2 is 1.67 bits per heavy atom. The summed E-state index contributed by atoms with van der Waals surface area (Å²) in [5, 5.41) is 1.63. The van der Waals surface area contributed by atoms with Crippen LogP contribution in [0.1, 0.15) is 19.4 Å². The van der Waals surface area contributed by atoms with Crippen molar-refractivity contribution in [2.45, 2.75) is 20.8 Å². The number of aromatic amines is 1. The number of pyridine rings is 1. The minimum atomic E-state index is -0.0614. The van der Waals surface area contributed by atoms with Crippen molar-refractivity contribution in [3.63, 3.8) is 0 Å². The van der Waals surface area contributed by atoms with E-state index in [-0.39, 0.29) is 5.56 Å². The van der Waals surface area contributed by atoms with E-state index in [9.17, 15) is 4.79 Å². The largest absolute Gasteiger partial charge is 0.322 e. The number of benzene rings is 2. The Bertz CT molecular complexity index is 807. The summed E-state index contributed by atoms with van der Waals surface area (Å²) in [5.41, 5.74) is 3.42. The predicted molar refractivity (Wildman–Crippen MR) is 91.1 cm³/mol. The number of rotatable bonds is 1. The zero-order chi connectivity index (χ0) is 15.4. The number of hydrogen-bond acceptors (Lipinski definition) is 1. The molecule has 2 aromatic carbocycles. The lowest BCUT2D eigenvalue weighted by Crippen LogP contribution is -2.11. The van der Waals surface area contributed by atoms with Gasteiger partial charge in [0.15, 0.2) is 0 Å². The fraction of sp³-hybridized carbons (Fsp3) is 0.167. The quantitative estimate of drug-likeness (QED) is 0.659. The van der Waals surface area contributed by atoms with Gasteiger partial charge in [0.1, 0.15) is 0 Å². The van der Waals surface area contributed by atoms with Gasteiger partial charge in [-0.05, 0) is 36.2 Å². The van der Waals surface area contributed by atoms with Crippen LogP contribution in [0.15, 0.2) is 53.3 Å². The number of H-pyrrole nitrogens is 1. The van der Waals surface area contributed by atoms with Crippen LogP contribution in [-0.4, -0.2) is 4.98 Å². The Labute approximate surface area is 129 Å². The van der Waals surface area contributed by atoms with Gasteiger partial charge >= 0.3 is 0 Å². The average Bonchev–Trinajstić information content (AvgIpc) is 2.52. The van der Waals surface area contributed by atoms with Crippen molar-refractivity contribution in [3.05, 3.63) is 69.5 Å². The van der Waals surface area contributed by atoms with Crippen molar-refractivity contribution in [3.8, 4) is 11.1 Å². The van der Waals surface area contributed by atoms with Crippen LogP contribution in [0.5, 0.6) is 0 Å². The fourth-order valence-electron chi connectivity index (χ4n) is 2.34. The Hall–Kier alpha value is -2.06. The van der Waals surface area contributed by atoms with Crippen LogP contribution in [0.3, 0.4) is 0 Å². The Morgan fingerprint density at radius 1 is 1.00 bits per heavy atom. The minimum Gasteiger partial charge on any atom is -0.322 e. The Kier molecular flexibility index (Phi) is 4.81. The maximum Gasteiger partial charge on any atom is 0.251 e. The number of nitrogens with one attached hydrogen (secondary N) is 1. The predicted octanol–water partition coefficient (Wildman–Crippen LogP) is 5.18. The molecule has 0 bridgehead atoms. The van der Waals surface area contributed by atoms with E-state index in [2.05, 4.69) is 4.98 Å². The zero-order valence-corrected chi connectivity index (χ0v) is 13.2. The van der Waals surface area contributed by atoms with E-state index in [1.54, 1.807) is 6.07 Å². The highest BCUT2D eigenvalue weighted by molar-refractivity contribution is 6.31. The lowest BCUT2D eigenvalue weighted by atomic mass is 9.97. The van der Waals surface area contributed by atoms with Crippen LogP contribution in [0.2, 0.25) is 5.02 Å². The molecule has 0 aliphatic heterocycles. The summed E-state index contributed by atoms with van der Waals surface area (Å²) in [7, 11) is 0. The standard InChI is InChI=1S/C16H12ClNO.C2H6/c1-10-15(11-5-3-2-4-6-11)13-9-12(17)7-8-14(13)18-16(10)19;1-2/h2-9H,1H3,(H,18,19);1-2H3. The van der Waals surface area contributed by atoms with Crippen molar-refractivity contribution in [1.82, 2.24) is 4.98 Å². The first-order valence-electron chi connectivity index (χ1n) is 7.04. The van der Waals surface area contributed by atoms with Crippen molar-refractivity contribution >= 4 is 22.5 Å². The minimum absolute atomic E-state index is 0.0614. The zero-order valence-electron chi connectivity index (χ0n) is 12.4. The highest BCUT2D eigenvalue weighted by atomic mass is 35.5. The molecular formula is C18H18ClNO. The summed E-state index contributed by atoms with van der Waals surface area (Å²) in [5.74, 6) is 0. The first-order chi connectivity index (χ1) is 10.2. The molecule has 1 N–H and O–H groups in total. The normalized spacial score (nSPS) is 10.1. The van der Waals surface area contributed by atoms with Gasteiger partial charge in [0, 0.05) is 21.5 Å². The molecule has 1 heterocycles. The Morgan fingerprint density at radius 3 is 2.33 bits per heavy atom. The average molecular weight is 300 g/mol. The van der Waals surface area contributed by atoms with Gasteiger partial charge in [-0.1, -0.05) is 55.8 Å². The van der Waals surface area contributed by atoms with Crippen molar-refractivity contribution in [1.29, 1.82) is 0 Å². The van der Waals surface area contributed by atoms with Crippen LogP contribution in [-0.2, 0) is 0 Å².